The van der Waals surface area contributed by atoms with Crippen LogP contribution in [0.5, 0.6) is 0 Å². The Morgan fingerprint density at radius 3 is 2.19 bits per heavy atom. The Morgan fingerprint density at radius 1 is 0.628 bits per heavy atom. The molecule has 0 radical (unpaired) electrons. The standard InChI is InChI=1S/C40H27N3/c1-23-25-11-4-7-15-34(25)42-40(41-23)31-21-20-27-26-12-3-2-10-24(26)18-19-28(27)32-22-33-29-13-5-8-16-35(29)43-36-17-9-6-14-30(36)38(37(31)32)39(33)43/h2-19,22,31H,20-21H2,1H3. The number of para-hydroxylation sites is 3. The van der Waals surface area contributed by atoms with E-state index in [1.54, 1.807) is 0 Å². The quantitative estimate of drug-likeness (QED) is 0.204. The first-order valence-corrected chi connectivity index (χ1v) is 15.2. The zero-order valence-electron chi connectivity index (χ0n) is 23.8. The van der Waals surface area contributed by atoms with E-state index < -0.39 is 0 Å². The van der Waals surface area contributed by atoms with Gasteiger partial charge in [0, 0.05) is 38.5 Å². The zero-order valence-corrected chi connectivity index (χ0v) is 23.8. The minimum Gasteiger partial charge on any atom is -0.308 e. The minimum atomic E-state index is 0.0569. The summed E-state index contributed by atoms with van der Waals surface area (Å²) in [6, 6.07) is 42.2. The number of fused-ring (bicyclic) bond motifs is 13. The summed E-state index contributed by atoms with van der Waals surface area (Å²) in [6.07, 6.45) is 1.92. The highest BCUT2D eigenvalue weighted by Crippen LogP contribution is 2.51. The first-order chi connectivity index (χ1) is 21.3. The second-order valence-electron chi connectivity index (χ2n) is 12.1. The average molecular weight is 550 g/mol. The van der Waals surface area contributed by atoms with Crippen molar-refractivity contribution in [2.45, 2.75) is 25.7 Å². The van der Waals surface area contributed by atoms with E-state index in [-0.39, 0.29) is 5.92 Å². The number of aromatic nitrogens is 3. The van der Waals surface area contributed by atoms with Crippen molar-refractivity contribution < 1.29 is 0 Å². The van der Waals surface area contributed by atoms with Crippen LogP contribution >= 0.6 is 0 Å². The smallest absolute Gasteiger partial charge is 0.136 e. The van der Waals surface area contributed by atoms with Gasteiger partial charge in [0.15, 0.2) is 0 Å². The molecule has 0 amide bonds. The fourth-order valence-electron chi connectivity index (χ4n) is 8.09. The molecule has 3 heterocycles. The monoisotopic (exact) mass is 549 g/mol. The molecule has 9 aromatic rings. The van der Waals surface area contributed by atoms with E-state index in [1.807, 2.05) is 0 Å². The van der Waals surface area contributed by atoms with Gasteiger partial charge in [-0.2, -0.15) is 0 Å². The van der Waals surface area contributed by atoms with Crippen LogP contribution in [0.4, 0.5) is 0 Å². The van der Waals surface area contributed by atoms with E-state index in [1.165, 1.54) is 71.1 Å². The number of nitrogens with zero attached hydrogens (tertiary/aromatic N) is 3. The van der Waals surface area contributed by atoms with Gasteiger partial charge in [-0.15, -0.1) is 0 Å². The lowest BCUT2D eigenvalue weighted by molar-refractivity contribution is 0.687. The Morgan fingerprint density at radius 2 is 1.33 bits per heavy atom. The van der Waals surface area contributed by atoms with Gasteiger partial charge in [0.1, 0.15) is 5.82 Å². The summed E-state index contributed by atoms with van der Waals surface area (Å²) in [4.78, 5) is 10.5. The van der Waals surface area contributed by atoms with Crippen LogP contribution in [0.15, 0.2) is 115 Å². The zero-order chi connectivity index (χ0) is 28.2. The molecule has 0 saturated heterocycles. The lowest BCUT2D eigenvalue weighted by Gasteiger charge is -2.20. The van der Waals surface area contributed by atoms with E-state index in [2.05, 4.69) is 127 Å². The molecule has 1 atom stereocenters. The average Bonchev–Trinajstić information content (AvgIpc) is 3.50. The van der Waals surface area contributed by atoms with Crippen LogP contribution in [-0.2, 0) is 6.42 Å². The van der Waals surface area contributed by atoms with E-state index in [4.69, 9.17) is 9.97 Å². The number of aryl methyl sites for hydroxylation is 2. The summed E-state index contributed by atoms with van der Waals surface area (Å²) in [5.74, 6) is 0.985. The second-order valence-corrected chi connectivity index (χ2v) is 12.1. The Bertz CT molecular complexity index is 2590. The predicted octanol–water partition coefficient (Wildman–Crippen LogP) is 9.99. The Hall–Kier alpha value is -5.28. The van der Waals surface area contributed by atoms with Gasteiger partial charge >= 0.3 is 0 Å². The predicted molar refractivity (Wildman–Crippen MR) is 178 cm³/mol. The van der Waals surface area contributed by atoms with Crippen molar-refractivity contribution in [2.75, 3.05) is 0 Å². The van der Waals surface area contributed by atoms with Crippen molar-refractivity contribution in [3.05, 3.63) is 138 Å². The number of rotatable bonds is 1. The number of hydrogen-bond acceptors (Lipinski definition) is 2. The highest BCUT2D eigenvalue weighted by atomic mass is 14.9. The molecule has 6 aromatic carbocycles. The molecule has 0 spiro atoms. The molecule has 0 fully saturated rings. The van der Waals surface area contributed by atoms with Gasteiger partial charge in [-0.3, -0.25) is 0 Å². The third kappa shape index (κ3) is 3.04. The lowest BCUT2D eigenvalue weighted by Crippen LogP contribution is -2.09. The number of hydrogen-bond donors (Lipinski definition) is 0. The van der Waals surface area contributed by atoms with Crippen LogP contribution in [0.25, 0.3) is 70.9 Å². The van der Waals surface area contributed by atoms with Crippen LogP contribution in [0.2, 0.25) is 0 Å². The van der Waals surface area contributed by atoms with Crippen molar-refractivity contribution in [3.8, 4) is 11.1 Å². The first kappa shape index (κ1) is 23.3. The fraction of sp³-hybridized carbons (Fsp3) is 0.100. The molecule has 43 heavy (non-hydrogen) atoms. The van der Waals surface area contributed by atoms with Crippen molar-refractivity contribution in [2.24, 2.45) is 0 Å². The molecule has 1 aliphatic carbocycles. The van der Waals surface area contributed by atoms with Crippen molar-refractivity contribution in [1.29, 1.82) is 0 Å². The molecule has 1 unspecified atom stereocenters. The molecule has 202 valence electrons. The normalized spacial score (nSPS) is 15.1. The summed E-state index contributed by atoms with van der Waals surface area (Å²) in [7, 11) is 0. The molecule has 0 N–H and O–H groups in total. The van der Waals surface area contributed by atoms with Crippen molar-refractivity contribution >= 4 is 59.8 Å². The van der Waals surface area contributed by atoms with Crippen LogP contribution in [0, 0.1) is 6.92 Å². The van der Waals surface area contributed by atoms with E-state index >= 15 is 0 Å². The maximum Gasteiger partial charge on any atom is 0.136 e. The minimum absolute atomic E-state index is 0.0569. The summed E-state index contributed by atoms with van der Waals surface area (Å²) in [5, 5.41) is 9.04. The molecule has 3 heteroatoms. The lowest BCUT2D eigenvalue weighted by atomic mass is 9.85. The fourth-order valence-corrected chi connectivity index (χ4v) is 8.09. The SMILES string of the molecule is Cc1nc(C2CCc3c(ccc4ccccc34)-c3cc4c5ccccc5n5c6ccccc6c(c32)c45)nc2ccccc12. The van der Waals surface area contributed by atoms with Gasteiger partial charge in [-0.05, 0) is 77.1 Å². The highest BCUT2D eigenvalue weighted by Gasteiger charge is 2.32. The summed E-state index contributed by atoms with van der Waals surface area (Å²) >= 11 is 0. The van der Waals surface area contributed by atoms with E-state index in [0.29, 0.717) is 0 Å². The summed E-state index contributed by atoms with van der Waals surface area (Å²) in [5.41, 5.74) is 11.4. The van der Waals surface area contributed by atoms with Gasteiger partial charge in [-0.25, -0.2) is 9.97 Å². The molecule has 3 aromatic heterocycles. The molecule has 0 aliphatic heterocycles. The van der Waals surface area contributed by atoms with Crippen molar-refractivity contribution in [1.82, 2.24) is 14.4 Å². The van der Waals surface area contributed by atoms with E-state index in [0.717, 1.165) is 35.3 Å². The largest absolute Gasteiger partial charge is 0.308 e. The van der Waals surface area contributed by atoms with Crippen LogP contribution in [-0.4, -0.2) is 14.4 Å². The third-order valence-corrected chi connectivity index (χ3v) is 9.90. The van der Waals surface area contributed by atoms with Crippen LogP contribution in [0.1, 0.15) is 35.0 Å². The maximum absolute atomic E-state index is 5.28. The Kier molecular flexibility index (Phi) is 4.55. The molecular weight excluding hydrogens is 522 g/mol. The topological polar surface area (TPSA) is 30.2 Å². The third-order valence-electron chi connectivity index (χ3n) is 9.90. The Balaban J connectivity index is 1.42. The molecule has 1 aliphatic rings. The second kappa shape index (κ2) is 8.39. The molecule has 0 saturated carbocycles. The van der Waals surface area contributed by atoms with E-state index in [9.17, 15) is 0 Å². The summed E-state index contributed by atoms with van der Waals surface area (Å²) < 4.78 is 2.49. The number of benzene rings is 6. The van der Waals surface area contributed by atoms with Crippen molar-refractivity contribution in [3.63, 3.8) is 0 Å². The maximum atomic E-state index is 5.28. The van der Waals surface area contributed by atoms with Gasteiger partial charge in [0.2, 0.25) is 0 Å². The van der Waals surface area contributed by atoms with Crippen LogP contribution in [0.3, 0.4) is 0 Å². The van der Waals surface area contributed by atoms with Gasteiger partial charge in [-0.1, -0.05) is 91.0 Å². The molecular formula is C40H27N3. The van der Waals surface area contributed by atoms with Gasteiger partial charge < -0.3 is 4.40 Å². The van der Waals surface area contributed by atoms with Gasteiger partial charge in [0.05, 0.1) is 22.1 Å². The Labute approximate surface area is 248 Å². The molecule has 0 bridgehead atoms. The van der Waals surface area contributed by atoms with Crippen LogP contribution < -0.4 is 0 Å². The first-order valence-electron chi connectivity index (χ1n) is 15.2. The molecule has 3 nitrogen and oxygen atoms in total. The van der Waals surface area contributed by atoms with Gasteiger partial charge in [0.25, 0.3) is 0 Å². The highest BCUT2D eigenvalue weighted by molar-refractivity contribution is 6.26. The summed E-state index contributed by atoms with van der Waals surface area (Å²) in [6.45, 7) is 2.13. The molecule has 10 rings (SSSR count).